The molecular formula is C16H22N2OS. The number of ether oxygens (including phenoxy) is 1. The van der Waals surface area contributed by atoms with Crippen molar-refractivity contribution in [2.75, 3.05) is 13.2 Å². The van der Waals surface area contributed by atoms with Gasteiger partial charge >= 0.3 is 0 Å². The third-order valence-corrected chi connectivity index (χ3v) is 3.61. The van der Waals surface area contributed by atoms with Crippen molar-refractivity contribution in [3.8, 4) is 0 Å². The quantitative estimate of drug-likeness (QED) is 0.628. The molecule has 20 heavy (non-hydrogen) atoms. The average Bonchev–Trinajstić information content (AvgIpc) is 2.80. The van der Waals surface area contributed by atoms with E-state index in [1.54, 1.807) is 0 Å². The van der Waals surface area contributed by atoms with Gasteiger partial charge in [-0.3, -0.25) is 0 Å². The molecule has 0 aliphatic heterocycles. The lowest BCUT2D eigenvalue weighted by Gasteiger charge is -2.09. The molecule has 0 saturated carbocycles. The zero-order valence-corrected chi connectivity index (χ0v) is 13.0. The summed E-state index contributed by atoms with van der Waals surface area (Å²) < 4.78 is 7.86. The van der Waals surface area contributed by atoms with Crippen molar-refractivity contribution < 1.29 is 4.74 Å². The minimum absolute atomic E-state index is 0.438. The Morgan fingerprint density at radius 2 is 2.10 bits per heavy atom. The summed E-state index contributed by atoms with van der Waals surface area (Å²) >= 11 is 5.03. The van der Waals surface area contributed by atoms with Crippen LogP contribution in [-0.4, -0.2) is 22.8 Å². The molecule has 4 heteroatoms. The van der Waals surface area contributed by atoms with E-state index in [0.29, 0.717) is 10.9 Å². The minimum atomic E-state index is 0.438. The Bertz CT molecular complexity index is 589. The van der Waals surface area contributed by atoms with Crippen LogP contribution in [0.2, 0.25) is 0 Å². The van der Waals surface area contributed by atoms with Crippen LogP contribution in [0.25, 0.3) is 10.9 Å². The summed E-state index contributed by atoms with van der Waals surface area (Å²) in [6.45, 7) is 6.82. The lowest BCUT2D eigenvalue weighted by Crippen LogP contribution is -2.10. The number of nitrogens with zero attached hydrogens (tertiary/aromatic N) is 1. The van der Waals surface area contributed by atoms with Gasteiger partial charge < -0.3 is 15.0 Å². The average molecular weight is 290 g/mol. The minimum Gasteiger partial charge on any atom is -0.389 e. The van der Waals surface area contributed by atoms with Crippen molar-refractivity contribution in [3.05, 3.63) is 36.0 Å². The topological polar surface area (TPSA) is 40.2 Å². The molecule has 0 saturated heterocycles. The molecule has 0 bridgehead atoms. The molecule has 2 aromatic rings. The maximum Gasteiger partial charge on any atom is 0.104 e. The molecule has 0 aliphatic carbocycles. The molecule has 0 fully saturated rings. The second kappa shape index (κ2) is 6.86. The van der Waals surface area contributed by atoms with Gasteiger partial charge in [-0.05, 0) is 29.9 Å². The molecule has 0 aliphatic rings. The lowest BCUT2D eigenvalue weighted by atomic mass is 10.1. The van der Waals surface area contributed by atoms with Gasteiger partial charge in [-0.15, -0.1) is 0 Å². The number of nitrogens with two attached hydrogens (primary N) is 1. The Kier molecular flexibility index (Phi) is 5.15. The first-order valence-corrected chi connectivity index (χ1v) is 7.45. The number of aromatic nitrogens is 1. The number of rotatable bonds is 7. The van der Waals surface area contributed by atoms with Gasteiger partial charge in [-0.1, -0.05) is 38.2 Å². The molecule has 0 unspecified atom stereocenters. The predicted octanol–water partition coefficient (Wildman–Crippen LogP) is 3.34. The highest BCUT2D eigenvalue weighted by Crippen LogP contribution is 2.17. The van der Waals surface area contributed by atoms with Gasteiger partial charge in [-0.2, -0.15) is 0 Å². The van der Waals surface area contributed by atoms with Crippen molar-refractivity contribution in [1.82, 2.24) is 4.57 Å². The maximum absolute atomic E-state index is 5.69. The second-order valence-corrected chi connectivity index (χ2v) is 5.88. The molecule has 1 aromatic heterocycles. The van der Waals surface area contributed by atoms with Crippen LogP contribution in [0.3, 0.4) is 0 Å². The number of thiocarbonyl (C=S) groups is 1. The van der Waals surface area contributed by atoms with Crippen molar-refractivity contribution in [3.63, 3.8) is 0 Å². The van der Waals surface area contributed by atoms with Gasteiger partial charge in [0.1, 0.15) is 4.99 Å². The van der Waals surface area contributed by atoms with Crippen LogP contribution in [0.4, 0.5) is 0 Å². The van der Waals surface area contributed by atoms with E-state index in [0.717, 1.165) is 37.3 Å². The number of hydrogen-bond donors (Lipinski definition) is 1. The summed E-state index contributed by atoms with van der Waals surface area (Å²) in [5, 5.41) is 1.20. The zero-order chi connectivity index (χ0) is 14.5. The molecule has 2 N–H and O–H groups in total. The zero-order valence-electron chi connectivity index (χ0n) is 12.1. The van der Waals surface area contributed by atoms with Crippen LogP contribution in [0.15, 0.2) is 30.5 Å². The largest absolute Gasteiger partial charge is 0.389 e. The Morgan fingerprint density at radius 3 is 2.80 bits per heavy atom. The third kappa shape index (κ3) is 3.81. The van der Waals surface area contributed by atoms with Gasteiger partial charge in [-0.25, -0.2) is 0 Å². The van der Waals surface area contributed by atoms with Gasteiger partial charge in [0.2, 0.25) is 0 Å². The van der Waals surface area contributed by atoms with E-state index in [9.17, 15) is 0 Å². The summed E-state index contributed by atoms with van der Waals surface area (Å²) in [7, 11) is 0. The van der Waals surface area contributed by atoms with E-state index in [4.69, 9.17) is 22.7 Å². The van der Waals surface area contributed by atoms with Crippen LogP contribution < -0.4 is 5.73 Å². The van der Waals surface area contributed by atoms with E-state index in [-0.39, 0.29) is 0 Å². The van der Waals surface area contributed by atoms with Gasteiger partial charge in [0, 0.05) is 30.4 Å². The summed E-state index contributed by atoms with van der Waals surface area (Å²) in [4.78, 5) is 0.438. The van der Waals surface area contributed by atoms with Crippen molar-refractivity contribution in [1.29, 1.82) is 0 Å². The molecule has 108 valence electrons. The standard InChI is InChI=1S/C16H22N2OS/c1-12(2)6-9-19-10-8-18-7-5-13-3-4-14(16(17)20)11-15(13)18/h3-5,7,11-12H,6,8-10H2,1-2H3,(H2,17,20). The molecule has 2 rings (SSSR count). The fourth-order valence-corrected chi connectivity index (χ4v) is 2.24. The van der Waals surface area contributed by atoms with Crippen molar-refractivity contribution in [2.24, 2.45) is 11.7 Å². The van der Waals surface area contributed by atoms with Crippen LogP contribution >= 0.6 is 12.2 Å². The van der Waals surface area contributed by atoms with Crippen molar-refractivity contribution >= 4 is 28.1 Å². The molecular weight excluding hydrogens is 268 g/mol. The summed E-state index contributed by atoms with van der Waals surface area (Å²) in [5.41, 5.74) is 7.75. The molecule has 1 aromatic carbocycles. The van der Waals surface area contributed by atoms with E-state index in [1.807, 2.05) is 12.1 Å². The van der Waals surface area contributed by atoms with E-state index < -0.39 is 0 Å². The molecule has 1 heterocycles. The molecule has 3 nitrogen and oxygen atoms in total. The maximum atomic E-state index is 5.69. The van der Waals surface area contributed by atoms with Gasteiger partial charge in [0.25, 0.3) is 0 Å². The van der Waals surface area contributed by atoms with Gasteiger partial charge in [0.05, 0.1) is 6.61 Å². The van der Waals surface area contributed by atoms with E-state index in [2.05, 4.69) is 36.7 Å². The first-order chi connectivity index (χ1) is 9.58. The number of hydrogen-bond acceptors (Lipinski definition) is 2. The highest BCUT2D eigenvalue weighted by molar-refractivity contribution is 7.80. The van der Waals surface area contributed by atoms with Crippen LogP contribution in [-0.2, 0) is 11.3 Å². The Morgan fingerprint density at radius 1 is 1.30 bits per heavy atom. The Hall–Kier alpha value is -1.39. The summed E-state index contributed by atoms with van der Waals surface area (Å²) in [6, 6.07) is 8.17. The predicted molar refractivity (Wildman–Crippen MR) is 88.1 cm³/mol. The first kappa shape index (κ1) is 15.0. The highest BCUT2D eigenvalue weighted by atomic mass is 32.1. The van der Waals surface area contributed by atoms with Crippen LogP contribution in [0, 0.1) is 5.92 Å². The van der Waals surface area contributed by atoms with Crippen molar-refractivity contribution in [2.45, 2.75) is 26.8 Å². The fourth-order valence-electron chi connectivity index (χ4n) is 2.12. The molecule has 0 atom stereocenters. The smallest absolute Gasteiger partial charge is 0.104 e. The Balaban J connectivity index is 1.99. The fraction of sp³-hybridized carbons (Fsp3) is 0.438. The summed E-state index contributed by atoms with van der Waals surface area (Å²) in [6.07, 6.45) is 3.19. The molecule has 0 amide bonds. The Labute approximate surface area is 125 Å². The first-order valence-electron chi connectivity index (χ1n) is 7.04. The van der Waals surface area contributed by atoms with Crippen LogP contribution in [0.1, 0.15) is 25.8 Å². The monoisotopic (exact) mass is 290 g/mol. The lowest BCUT2D eigenvalue weighted by molar-refractivity contribution is 0.117. The highest BCUT2D eigenvalue weighted by Gasteiger charge is 2.04. The number of fused-ring (bicyclic) bond motifs is 1. The number of benzene rings is 1. The summed E-state index contributed by atoms with van der Waals surface area (Å²) in [5.74, 6) is 0.690. The van der Waals surface area contributed by atoms with E-state index >= 15 is 0 Å². The third-order valence-electron chi connectivity index (χ3n) is 3.37. The van der Waals surface area contributed by atoms with E-state index in [1.165, 1.54) is 5.39 Å². The molecule has 0 spiro atoms. The second-order valence-electron chi connectivity index (χ2n) is 5.44. The van der Waals surface area contributed by atoms with Crippen LogP contribution in [0.5, 0.6) is 0 Å². The van der Waals surface area contributed by atoms with Gasteiger partial charge in [0.15, 0.2) is 0 Å². The normalized spacial score (nSPS) is 11.3. The molecule has 0 radical (unpaired) electrons. The SMILES string of the molecule is CC(C)CCOCCn1ccc2ccc(C(N)=S)cc21.